The van der Waals surface area contributed by atoms with Crippen LogP contribution in [0.4, 0.5) is 5.82 Å². The molecule has 0 saturated carbocycles. The van der Waals surface area contributed by atoms with E-state index in [1.54, 1.807) is 25.3 Å². The van der Waals surface area contributed by atoms with Crippen LogP contribution in [0, 0.1) is 0 Å². The quantitative estimate of drug-likeness (QED) is 0.616. The Hall–Kier alpha value is -1.76. The first kappa shape index (κ1) is 20.6. The number of nitrogens with zero attached hydrogens (tertiary/aromatic N) is 3. The van der Waals surface area contributed by atoms with Crippen LogP contribution in [0.15, 0.2) is 30.5 Å². The van der Waals surface area contributed by atoms with Crippen LogP contribution in [-0.2, 0) is 9.09 Å². The van der Waals surface area contributed by atoms with Gasteiger partial charge < -0.3 is 14.5 Å². The summed E-state index contributed by atoms with van der Waals surface area (Å²) in [5.74, 6) is 1.33. The standard InChI is InChI=1S/C17H24N3O4PS/c1-5-11-26-25(22,23-6-2)24-16-12-13(7-8-15(16)21)14-9-10-18-19-17(14)20(3)4/h7-10,12,21H,5-6,11H2,1-4H3. The SMILES string of the molecule is CCCSP(=O)(OCC)Oc1cc(-c2ccnnc2N(C)C)ccc1O. The average molecular weight is 397 g/mol. The van der Waals surface area contributed by atoms with E-state index in [-0.39, 0.29) is 18.1 Å². The van der Waals surface area contributed by atoms with Crippen LogP contribution >= 0.6 is 18.2 Å². The predicted octanol–water partition coefficient (Wildman–Crippen LogP) is 4.58. The zero-order valence-electron chi connectivity index (χ0n) is 15.4. The second-order valence-electron chi connectivity index (χ2n) is 5.63. The van der Waals surface area contributed by atoms with Gasteiger partial charge in [-0.3, -0.25) is 4.52 Å². The molecule has 0 fully saturated rings. The summed E-state index contributed by atoms with van der Waals surface area (Å²) in [4.78, 5) is 1.85. The Kier molecular flexibility index (Phi) is 7.32. The third-order valence-corrected chi connectivity index (χ3v) is 7.28. The van der Waals surface area contributed by atoms with Crippen molar-refractivity contribution in [3.05, 3.63) is 30.5 Å². The van der Waals surface area contributed by atoms with Gasteiger partial charge in [0, 0.05) is 25.4 Å². The van der Waals surface area contributed by atoms with Crippen molar-refractivity contribution in [2.24, 2.45) is 0 Å². The van der Waals surface area contributed by atoms with Crippen molar-refractivity contribution < 1.29 is 18.7 Å². The summed E-state index contributed by atoms with van der Waals surface area (Å²) >= 11 is 1.13. The molecule has 0 spiro atoms. The molecule has 1 aromatic carbocycles. The van der Waals surface area contributed by atoms with Crippen LogP contribution in [0.5, 0.6) is 11.5 Å². The van der Waals surface area contributed by atoms with Gasteiger partial charge in [-0.05, 0) is 48.5 Å². The minimum atomic E-state index is -3.41. The second-order valence-corrected chi connectivity index (χ2v) is 9.75. The van der Waals surface area contributed by atoms with Crippen LogP contribution in [0.3, 0.4) is 0 Å². The van der Waals surface area contributed by atoms with E-state index >= 15 is 0 Å². The molecule has 0 aliphatic rings. The predicted molar refractivity (Wildman–Crippen MR) is 106 cm³/mol. The molecular formula is C17H24N3O4PS. The lowest BCUT2D eigenvalue weighted by molar-refractivity contribution is 0.292. The van der Waals surface area contributed by atoms with Crippen LogP contribution < -0.4 is 9.42 Å². The van der Waals surface area contributed by atoms with Crippen molar-refractivity contribution in [1.82, 2.24) is 10.2 Å². The van der Waals surface area contributed by atoms with Gasteiger partial charge in [0.1, 0.15) is 0 Å². The first-order valence-electron chi connectivity index (χ1n) is 8.31. The molecule has 2 rings (SSSR count). The van der Waals surface area contributed by atoms with Crippen molar-refractivity contribution in [2.45, 2.75) is 20.3 Å². The number of anilines is 1. The van der Waals surface area contributed by atoms with Crippen molar-refractivity contribution >= 4 is 24.0 Å². The number of aromatic nitrogens is 2. The fraction of sp³-hybridized carbons (Fsp3) is 0.412. The normalized spacial score (nSPS) is 13.2. The molecule has 9 heteroatoms. The molecule has 142 valence electrons. The Bertz CT molecular complexity index is 788. The molecule has 2 aromatic rings. The van der Waals surface area contributed by atoms with E-state index in [4.69, 9.17) is 9.05 Å². The van der Waals surface area contributed by atoms with Crippen LogP contribution in [0.25, 0.3) is 11.1 Å². The van der Waals surface area contributed by atoms with E-state index in [1.165, 1.54) is 6.07 Å². The molecule has 0 saturated heterocycles. The van der Waals surface area contributed by atoms with E-state index in [9.17, 15) is 9.67 Å². The maximum atomic E-state index is 12.9. The number of phenolic OH excluding ortho intramolecular Hbond substituents is 1. The first-order valence-corrected chi connectivity index (χ1v) is 11.4. The molecule has 0 bridgehead atoms. The monoisotopic (exact) mass is 397 g/mol. The largest absolute Gasteiger partial charge is 0.504 e. The molecule has 0 aliphatic heterocycles. The minimum absolute atomic E-state index is 0.0980. The van der Waals surface area contributed by atoms with Crippen LogP contribution in [0.2, 0.25) is 0 Å². The van der Waals surface area contributed by atoms with E-state index in [1.807, 2.05) is 32.0 Å². The summed E-state index contributed by atoms with van der Waals surface area (Å²) < 4.78 is 23.9. The zero-order chi connectivity index (χ0) is 19.2. The van der Waals surface area contributed by atoms with Gasteiger partial charge in [-0.2, -0.15) is 5.10 Å². The molecule has 0 amide bonds. The van der Waals surface area contributed by atoms with Gasteiger partial charge in [0.25, 0.3) is 0 Å². The Morgan fingerprint density at radius 2 is 2.04 bits per heavy atom. The lowest BCUT2D eigenvalue weighted by atomic mass is 10.1. The Balaban J connectivity index is 2.40. The summed E-state index contributed by atoms with van der Waals surface area (Å²) in [6, 6.07) is 6.71. The third-order valence-electron chi connectivity index (χ3n) is 3.35. The molecule has 1 unspecified atom stereocenters. The second kappa shape index (κ2) is 9.26. The molecule has 0 aliphatic carbocycles. The molecule has 1 heterocycles. The van der Waals surface area contributed by atoms with E-state index < -0.39 is 6.80 Å². The summed E-state index contributed by atoms with van der Waals surface area (Å²) in [6.45, 7) is 0.590. The number of benzene rings is 1. The summed E-state index contributed by atoms with van der Waals surface area (Å²) in [5, 5.41) is 18.2. The van der Waals surface area contributed by atoms with E-state index in [2.05, 4.69) is 10.2 Å². The van der Waals surface area contributed by atoms with Crippen LogP contribution in [0.1, 0.15) is 20.3 Å². The van der Waals surface area contributed by atoms with Gasteiger partial charge in [0.2, 0.25) is 0 Å². The summed E-state index contributed by atoms with van der Waals surface area (Å²) in [5.41, 5.74) is 1.59. The highest BCUT2D eigenvalue weighted by Crippen LogP contribution is 2.61. The lowest BCUT2D eigenvalue weighted by Gasteiger charge is -2.19. The number of hydrogen-bond donors (Lipinski definition) is 1. The van der Waals surface area contributed by atoms with Gasteiger partial charge in [0.05, 0.1) is 12.8 Å². The summed E-state index contributed by atoms with van der Waals surface area (Å²) in [7, 11) is 3.74. The minimum Gasteiger partial charge on any atom is -0.504 e. The van der Waals surface area contributed by atoms with Gasteiger partial charge >= 0.3 is 6.80 Å². The van der Waals surface area contributed by atoms with E-state index in [0.717, 1.165) is 28.9 Å². The first-order chi connectivity index (χ1) is 12.4. The van der Waals surface area contributed by atoms with Crippen LogP contribution in [-0.4, -0.2) is 41.8 Å². The Morgan fingerprint density at radius 1 is 1.27 bits per heavy atom. The van der Waals surface area contributed by atoms with Crippen molar-refractivity contribution in [2.75, 3.05) is 31.4 Å². The Labute approximate surface area is 158 Å². The molecule has 1 N–H and O–H groups in total. The van der Waals surface area contributed by atoms with Gasteiger partial charge in [-0.1, -0.05) is 13.0 Å². The van der Waals surface area contributed by atoms with Crippen molar-refractivity contribution in [1.29, 1.82) is 0 Å². The number of hydrogen-bond acceptors (Lipinski definition) is 8. The lowest BCUT2D eigenvalue weighted by Crippen LogP contribution is -2.12. The highest BCUT2D eigenvalue weighted by atomic mass is 32.7. The van der Waals surface area contributed by atoms with E-state index in [0.29, 0.717) is 11.6 Å². The Morgan fingerprint density at radius 3 is 2.69 bits per heavy atom. The maximum absolute atomic E-state index is 12.9. The topological polar surface area (TPSA) is 84.8 Å². The number of rotatable bonds is 9. The highest BCUT2D eigenvalue weighted by molar-refractivity contribution is 8.55. The van der Waals surface area contributed by atoms with Crippen molar-refractivity contribution in [3.8, 4) is 22.6 Å². The molecule has 26 heavy (non-hydrogen) atoms. The van der Waals surface area contributed by atoms with Gasteiger partial charge in [-0.15, -0.1) is 5.10 Å². The van der Waals surface area contributed by atoms with Crippen molar-refractivity contribution in [3.63, 3.8) is 0 Å². The zero-order valence-corrected chi connectivity index (χ0v) is 17.1. The third kappa shape index (κ3) is 5.13. The molecule has 1 atom stereocenters. The number of aromatic hydroxyl groups is 1. The molecule has 1 aromatic heterocycles. The molecule has 7 nitrogen and oxygen atoms in total. The van der Waals surface area contributed by atoms with Gasteiger partial charge in [-0.25, -0.2) is 4.57 Å². The smallest absolute Gasteiger partial charge is 0.440 e. The maximum Gasteiger partial charge on any atom is 0.440 e. The fourth-order valence-electron chi connectivity index (χ4n) is 2.21. The fourth-order valence-corrected chi connectivity index (χ4v) is 5.65. The summed E-state index contributed by atoms with van der Waals surface area (Å²) in [6.07, 6.45) is 2.43. The molecule has 0 radical (unpaired) electrons. The van der Waals surface area contributed by atoms with Gasteiger partial charge in [0.15, 0.2) is 17.3 Å². The molecular weight excluding hydrogens is 373 g/mol. The highest BCUT2D eigenvalue weighted by Gasteiger charge is 2.28. The number of phenols is 1. The average Bonchev–Trinajstić information content (AvgIpc) is 2.62.